The van der Waals surface area contributed by atoms with Gasteiger partial charge in [0.1, 0.15) is 4.88 Å². The molecular weight excluding hydrogens is 313 g/mol. The molecule has 2 N–H and O–H groups in total. The molecule has 1 aromatic rings. The normalized spacial score (nSPS) is 20.1. The minimum atomic E-state index is -0.899. The molecule has 0 saturated carbocycles. The Balaban J connectivity index is 2.34. The quantitative estimate of drug-likeness (QED) is 0.809. The van der Waals surface area contributed by atoms with Crippen LogP contribution in [0.5, 0.6) is 0 Å². The summed E-state index contributed by atoms with van der Waals surface area (Å²) in [6.45, 7) is 10.6. The Morgan fingerprint density at radius 1 is 1.35 bits per heavy atom. The molecule has 0 radical (unpaired) electrons. The van der Waals surface area contributed by atoms with Gasteiger partial charge in [0.15, 0.2) is 0 Å². The van der Waals surface area contributed by atoms with Gasteiger partial charge < -0.3 is 19.7 Å². The number of aryl methyl sites for hydroxylation is 1. The van der Waals surface area contributed by atoms with E-state index in [0.29, 0.717) is 11.4 Å². The maximum Gasteiger partial charge on any atom is 0.491 e. The molecule has 126 valence electrons. The van der Waals surface area contributed by atoms with Gasteiger partial charge >= 0.3 is 13.1 Å². The molecule has 0 aliphatic carbocycles. The number of hydrogen-bond donors (Lipinski definition) is 2. The molecule has 2 heterocycles. The van der Waals surface area contributed by atoms with Gasteiger partial charge in [-0.05, 0) is 64.8 Å². The zero-order chi connectivity index (χ0) is 17.4. The van der Waals surface area contributed by atoms with Gasteiger partial charge in [-0.25, -0.2) is 4.79 Å². The van der Waals surface area contributed by atoms with E-state index < -0.39 is 24.3 Å². The molecule has 0 unspecified atom stereocenters. The molecule has 1 aromatic heterocycles. The van der Waals surface area contributed by atoms with Gasteiger partial charge in [-0.1, -0.05) is 0 Å². The molecule has 0 bridgehead atoms. The van der Waals surface area contributed by atoms with E-state index in [1.54, 1.807) is 6.07 Å². The standard InChI is InChI=1S/C16H24BNO4S/c1-10-7-13(14(19)20)23-12(10)8-11(9-18-6)17-21-15(2,3)16(4,5)22-17/h7-8,18H,9H2,1-6H3,(H,19,20). The lowest BCUT2D eigenvalue weighted by molar-refractivity contribution is 0.00578. The minimum absolute atomic E-state index is 0.339. The molecule has 0 atom stereocenters. The van der Waals surface area contributed by atoms with Crippen LogP contribution in [-0.4, -0.2) is 43.0 Å². The Labute approximate surface area is 141 Å². The smallest absolute Gasteiger partial charge is 0.477 e. The highest BCUT2D eigenvalue weighted by atomic mass is 32.1. The molecule has 0 spiro atoms. The topological polar surface area (TPSA) is 67.8 Å². The van der Waals surface area contributed by atoms with Crippen LogP contribution < -0.4 is 5.32 Å². The van der Waals surface area contributed by atoms with Gasteiger partial charge in [-0.3, -0.25) is 0 Å². The van der Waals surface area contributed by atoms with Crippen molar-refractivity contribution in [3.8, 4) is 0 Å². The van der Waals surface area contributed by atoms with Gasteiger partial charge in [-0.2, -0.15) is 0 Å². The van der Waals surface area contributed by atoms with Crippen molar-refractivity contribution >= 4 is 30.5 Å². The lowest BCUT2D eigenvalue weighted by Crippen LogP contribution is -2.41. The summed E-state index contributed by atoms with van der Waals surface area (Å²) in [7, 11) is 1.42. The number of hydrogen-bond acceptors (Lipinski definition) is 5. The third-order valence-electron chi connectivity index (χ3n) is 4.42. The molecular formula is C16H24BNO4S. The average Bonchev–Trinajstić information content (AvgIpc) is 2.87. The van der Waals surface area contributed by atoms with Crippen molar-refractivity contribution in [2.75, 3.05) is 13.6 Å². The zero-order valence-electron chi connectivity index (χ0n) is 14.5. The highest BCUT2D eigenvalue weighted by Crippen LogP contribution is 2.39. The Kier molecular flexibility index (Phi) is 5.06. The van der Waals surface area contributed by atoms with E-state index in [0.717, 1.165) is 15.9 Å². The van der Waals surface area contributed by atoms with Crippen LogP contribution in [0.4, 0.5) is 0 Å². The SMILES string of the molecule is CNCC(=Cc1sc(C(=O)O)cc1C)B1OC(C)(C)C(C)(C)O1. The predicted octanol–water partition coefficient (Wildman–Crippen LogP) is 2.99. The molecule has 7 heteroatoms. The lowest BCUT2D eigenvalue weighted by Gasteiger charge is -2.32. The van der Waals surface area contributed by atoms with E-state index in [1.807, 2.05) is 47.7 Å². The number of thiophene rings is 1. The number of likely N-dealkylation sites (N-methyl/N-ethyl adjacent to an activating group) is 1. The third-order valence-corrected chi connectivity index (χ3v) is 5.59. The summed E-state index contributed by atoms with van der Waals surface area (Å²) in [4.78, 5) is 12.4. The number of rotatable bonds is 5. The Bertz CT molecular complexity index is 620. The number of nitrogens with one attached hydrogen (secondary N) is 1. The van der Waals surface area contributed by atoms with Crippen LogP contribution >= 0.6 is 11.3 Å². The van der Waals surface area contributed by atoms with E-state index in [1.165, 1.54) is 11.3 Å². The first-order valence-electron chi connectivity index (χ1n) is 7.62. The number of aromatic carboxylic acids is 1. The summed E-state index contributed by atoms with van der Waals surface area (Å²) in [6, 6.07) is 1.69. The fraction of sp³-hybridized carbons (Fsp3) is 0.562. The fourth-order valence-corrected chi connectivity index (χ4v) is 3.30. The molecule has 2 rings (SSSR count). The first-order valence-corrected chi connectivity index (χ1v) is 8.43. The van der Waals surface area contributed by atoms with Crippen LogP contribution in [0, 0.1) is 6.92 Å². The minimum Gasteiger partial charge on any atom is -0.477 e. The van der Waals surface area contributed by atoms with Gasteiger partial charge in [-0.15, -0.1) is 11.3 Å². The molecule has 23 heavy (non-hydrogen) atoms. The molecule has 0 aromatic carbocycles. The zero-order valence-corrected chi connectivity index (χ0v) is 15.3. The predicted molar refractivity (Wildman–Crippen MR) is 94.0 cm³/mol. The maximum absolute atomic E-state index is 11.1. The highest BCUT2D eigenvalue weighted by Gasteiger charge is 2.52. The summed E-state index contributed by atoms with van der Waals surface area (Å²) < 4.78 is 12.2. The molecule has 0 amide bonds. The van der Waals surface area contributed by atoms with Gasteiger partial charge in [0, 0.05) is 11.4 Å². The van der Waals surface area contributed by atoms with Gasteiger partial charge in [0.2, 0.25) is 0 Å². The second-order valence-electron chi connectivity index (χ2n) is 6.80. The summed E-state index contributed by atoms with van der Waals surface area (Å²) in [5.74, 6) is -0.899. The van der Waals surface area contributed by atoms with Crippen molar-refractivity contribution in [3.63, 3.8) is 0 Å². The number of carboxylic acid groups (broad SMARTS) is 1. The number of carboxylic acids is 1. The second-order valence-corrected chi connectivity index (χ2v) is 7.88. The Morgan fingerprint density at radius 2 is 1.91 bits per heavy atom. The van der Waals surface area contributed by atoms with Crippen molar-refractivity contribution in [3.05, 3.63) is 26.9 Å². The molecule has 5 nitrogen and oxygen atoms in total. The van der Waals surface area contributed by atoms with E-state index in [-0.39, 0.29) is 0 Å². The van der Waals surface area contributed by atoms with Crippen LogP contribution in [0.1, 0.15) is 47.8 Å². The summed E-state index contributed by atoms with van der Waals surface area (Å²) in [5, 5.41) is 12.3. The molecule has 1 fully saturated rings. The summed E-state index contributed by atoms with van der Waals surface area (Å²) >= 11 is 1.27. The molecule has 1 aliphatic heterocycles. The van der Waals surface area contributed by atoms with E-state index >= 15 is 0 Å². The Morgan fingerprint density at radius 3 is 2.35 bits per heavy atom. The van der Waals surface area contributed by atoms with Crippen LogP contribution in [0.15, 0.2) is 11.5 Å². The van der Waals surface area contributed by atoms with Crippen molar-refractivity contribution in [2.24, 2.45) is 0 Å². The highest BCUT2D eigenvalue weighted by molar-refractivity contribution is 7.15. The van der Waals surface area contributed by atoms with E-state index in [4.69, 9.17) is 14.4 Å². The van der Waals surface area contributed by atoms with Gasteiger partial charge in [0.25, 0.3) is 0 Å². The van der Waals surface area contributed by atoms with Crippen molar-refractivity contribution in [2.45, 2.75) is 45.8 Å². The van der Waals surface area contributed by atoms with E-state index in [9.17, 15) is 4.79 Å². The first kappa shape index (κ1) is 18.2. The average molecular weight is 337 g/mol. The van der Waals surface area contributed by atoms with Crippen molar-refractivity contribution < 1.29 is 19.2 Å². The third kappa shape index (κ3) is 3.69. The van der Waals surface area contributed by atoms with Crippen LogP contribution in [0.3, 0.4) is 0 Å². The summed E-state index contributed by atoms with van der Waals surface area (Å²) in [6.07, 6.45) is 1.98. The molecule has 1 saturated heterocycles. The molecule has 1 aliphatic rings. The first-order chi connectivity index (χ1) is 10.6. The van der Waals surface area contributed by atoms with Crippen LogP contribution in [-0.2, 0) is 9.31 Å². The van der Waals surface area contributed by atoms with Crippen LogP contribution in [0.2, 0.25) is 0 Å². The number of carbonyl (C=O) groups is 1. The largest absolute Gasteiger partial charge is 0.491 e. The van der Waals surface area contributed by atoms with Gasteiger partial charge in [0.05, 0.1) is 11.2 Å². The maximum atomic E-state index is 11.1. The monoisotopic (exact) mass is 337 g/mol. The summed E-state index contributed by atoms with van der Waals surface area (Å²) in [5.41, 5.74) is 1.09. The lowest BCUT2D eigenvalue weighted by atomic mass is 9.77. The Hall–Kier alpha value is -1.15. The van der Waals surface area contributed by atoms with Crippen molar-refractivity contribution in [1.82, 2.24) is 5.32 Å². The second kappa shape index (κ2) is 6.40. The fourth-order valence-electron chi connectivity index (χ4n) is 2.31. The van der Waals surface area contributed by atoms with Crippen LogP contribution in [0.25, 0.3) is 6.08 Å². The van der Waals surface area contributed by atoms with Crippen molar-refractivity contribution in [1.29, 1.82) is 0 Å². The van der Waals surface area contributed by atoms with E-state index in [2.05, 4.69) is 5.32 Å².